The summed E-state index contributed by atoms with van der Waals surface area (Å²) in [6, 6.07) is 17.7. The van der Waals surface area contributed by atoms with E-state index in [0.29, 0.717) is 25.1 Å². The van der Waals surface area contributed by atoms with Gasteiger partial charge in [0.25, 0.3) is 5.91 Å². The second kappa shape index (κ2) is 7.13. The lowest BCUT2D eigenvalue weighted by Crippen LogP contribution is -2.49. The van der Waals surface area contributed by atoms with Gasteiger partial charge < -0.3 is 14.6 Å². The molecule has 1 saturated heterocycles. The molecular weight excluding hydrogens is 378 g/mol. The van der Waals surface area contributed by atoms with E-state index in [4.69, 9.17) is 4.42 Å². The Labute approximate surface area is 174 Å². The van der Waals surface area contributed by atoms with Crippen LogP contribution in [0.3, 0.4) is 0 Å². The number of nitrogens with zero attached hydrogens (tertiary/aromatic N) is 2. The number of rotatable bonds is 4. The molecule has 0 unspecified atom stereocenters. The number of para-hydroxylation sites is 1. The van der Waals surface area contributed by atoms with Gasteiger partial charge in [-0.05, 0) is 43.4 Å². The fraction of sp³-hybridized carbons (Fsp3) is 0.292. The highest BCUT2D eigenvalue weighted by atomic mass is 16.3. The molecule has 2 aliphatic heterocycles. The molecular formula is C24H23N3O3. The van der Waals surface area contributed by atoms with Crippen LogP contribution in [0.4, 0.5) is 5.69 Å². The van der Waals surface area contributed by atoms with Gasteiger partial charge in [-0.15, -0.1) is 0 Å². The van der Waals surface area contributed by atoms with Crippen molar-refractivity contribution in [2.75, 3.05) is 11.9 Å². The van der Waals surface area contributed by atoms with E-state index in [1.54, 1.807) is 6.92 Å². The number of carbonyl (C=O) groups is 2. The fourth-order valence-electron chi connectivity index (χ4n) is 5.03. The largest absolute Gasteiger partial charge is 0.438 e. The molecule has 30 heavy (non-hydrogen) atoms. The Morgan fingerprint density at radius 1 is 1.20 bits per heavy atom. The molecule has 0 radical (unpaired) electrons. The molecule has 2 amide bonds. The summed E-state index contributed by atoms with van der Waals surface area (Å²) in [5.74, 6) is 0.0342. The van der Waals surface area contributed by atoms with E-state index in [-0.39, 0.29) is 23.6 Å². The molecule has 2 aliphatic rings. The van der Waals surface area contributed by atoms with Crippen molar-refractivity contribution in [1.82, 2.24) is 9.88 Å². The molecule has 2 aromatic carbocycles. The van der Waals surface area contributed by atoms with Gasteiger partial charge in [-0.3, -0.25) is 9.59 Å². The number of aromatic nitrogens is 1. The number of fused-ring (bicyclic) bond motifs is 2. The molecule has 0 aliphatic carbocycles. The zero-order valence-corrected chi connectivity index (χ0v) is 16.8. The molecule has 1 N–H and O–H groups in total. The molecule has 1 aromatic heterocycles. The number of anilines is 1. The molecule has 6 heteroatoms. The second-order valence-electron chi connectivity index (χ2n) is 8.03. The Morgan fingerprint density at radius 3 is 2.73 bits per heavy atom. The Morgan fingerprint density at radius 2 is 1.97 bits per heavy atom. The first-order valence-electron chi connectivity index (χ1n) is 10.3. The van der Waals surface area contributed by atoms with E-state index in [0.717, 1.165) is 17.7 Å². The lowest BCUT2D eigenvalue weighted by molar-refractivity contribution is -0.121. The van der Waals surface area contributed by atoms with Crippen LogP contribution in [0.2, 0.25) is 0 Å². The molecule has 3 aromatic rings. The predicted octanol–water partition coefficient (Wildman–Crippen LogP) is 3.72. The summed E-state index contributed by atoms with van der Waals surface area (Å²) in [7, 11) is 0. The van der Waals surface area contributed by atoms with Crippen LogP contribution in [0.25, 0.3) is 0 Å². The van der Waals surface area contributed by atoms with Crippen molar-refractivity contribution in [2.24, 2.45) is 0 Å². The van der Waals surface area contributed by atoms with Crippen molar-refractivity contribution in [3.8, 4) is 0 Å². The maximum absolute atomic E-state index is 13.4. The highest BCUT2D eigenvalue weighted by Crippen LogP contribution is 2.49. The lowest BCUT2D eigenvalue weighted by Gasteiger charge is -2.34. The average molecular weight is 401 g/mol. The zero-order chi connectivity index (χ0) is 20.7. The van der Waals surface area contributed by atoms with Gasteiger partial charge in [0, 0.05) is 12.2 Å². The van der Waals surface area contributed by atoms with E-state index in [1.807, 2.05) is 47.4 Å². The van der Waals surface area contributed by atoms with Crippen LogP contribution in [-0.2, 0) is 16.6 Å². The number of carbonyl (C=O) groups excluding carboxylic acids is 2. The normalized spacial score (nSPS) is 22.4. The van der Waals surface area contributed by atoms with Crippen molar-refractivity contribution < 1.29 is 14.0 Å². The summed E-state index contributed by atoms with van der Waals surface area (Å²) in [6.45, 7) is 2.26. The SMILES string of the molecule is Cc1ncoc1C(=O)N1CC[C@]2(C(=O)Nc3ccccc32)[C@@H]1CCc1ccccc1. The molecule has 1 spiro atoms. The minimum Gasteiger partial charge on any atom is -0.438 e. The third kappa shape index (κ3) is 2.75. The maximum atomic E-state index is 13.4. The number of aryl methyl sites for hydroxylation is 2. The summed E-state index contributed by atoms with van der Waals surface area (Å²) in [6.07, 6.45) is 3.35. The Hall–Kier alpha value is -3.41. The monoisotopic (exact) mass is 401 g/mol. The lowest BCUT2D eigenvalue weighted by atomic mass is 9.73. The zero-order valence-electron chi connectivity index (χ0n) is 16.8. The summed E-state index contributed by atoms with van der Waals surface area (Å²) in [4.78, 5) is 32.6. The third-order valence-corrected chi connectivity index (χ3v) is 6.50. The minimum absolute atomic E-state index is 0.0219. The van der Waals surface area contributed by atoms with Crippen molar-refractivity contribution in [1.29, 1.82) is 0 Å². The van der Waals surface area contributed by atoms with Crippen LogP contribution >= 0.6 is 0 Å². The number of likely N-dealkylation sites (tertiary alicyclic amines) is 1. The molecule has 152 valence electrons. The molecule has 2 atom stereocenters. The molecule has 1 fully saturated rings. The average Bonchev–Trinajstić information content (AvgIpc) is 3.44. The summed E-state index contributed by atoms with van der Waals surface area (Å²) >= 11 is 0. The highest BCUT2D eigenvalue weighted by molar-refractivity contribution is 6.08. The number of hydrogen-bond acceptors (Lipinski definition) is 4. The second-order valence-corrected chi connectivity index (χ2v) is 8.03. The van der Waals surface area contributed by atoms with Crippen LogP contribution in [0.5, 0.6) is 0 Å². The van der Waals surface area contributed by atoms with Crippen LogP contribution in [0, 0.1) is 6.92 Å². The van der Waals surface area contributed by atoms with Gasteiger partial charge >= 0.3 is 0 Å². The van der Waals surface area contributed by atoms with E-state index in [1.165, 1.54) is 12.0 Å². The number of oxazole rings is 1. The van der Waals surface area contributed by atoms with Gasteiger partial charge in [0.05, 0.1) is 17.2 Å². The van der Waals surface area contributed by atoms with Crippen LogP contribution in [0.15, 0.2) is 65.4 Å². The molecule has 0 bridgehead atoms. The van der Waals surface area contributed by atoms with Crippen molar-refractivity contribution in [3.63, 3.8) is 0 Å². The molecule has 5 rings (SSSR count). The standard InChI is InChI=1S/C24H23N3O3/c1-16-21(30-15-25-16)22(28)27-14-13-24(18-9-5-6-10-19(18)26-23(24)29)20(27)12-11-17-7-3-2-4-8-17/h2-10,15,20H,11-14H2,1H3,(H,26,29)/t20-,24+/m0/s1. The van der Waals surface area contributed by atoms with Crippen LogP contribution < -0.4 is 5.32 Å². The number of benzene rings is 2. The summed E-state index contributed by atoms with van der Waals surface area (Å²) in [5.41, 5.74) is 2.85. The number of amides is 2. The number of hydrogen-bond donors (Lipinski definition) is 1. The van der Waals surface area contributed by atoms with Crippen LogP contribution in [0.1, 0.15) is 40.2 Å². The molecule has 3 heterocycles. The highest BCUT2D eigenvalue weighted by Gasteiger charge is 2.58. The Kier molecular flexibility index (Phi) is 4.42. The van der Waals surface area contributed by atoms with Crippen molar-refractivity contribution in [2.45, 2.75) is 37.6 Å². The van der Waals surface area contributed by atoms with Crippen molar-refractivity contribution in [3.05, 3.63) is 83.6 Å². The van der Waals surface area contributed by atoms with E-state index in [9.17, 15) is 9.59 Å². The van der Waals surface area contributed by atoms with E-state index in [2.05, 4.69) is 22.4 Å². The van der Waals surface area contributed by atoms with E-state index < -0.39 is 5.41 Å². The Balaban J connectivity index is 1.55. The van der Waals surface area contributed by atoms with Gasteiger partial charge in [-0.25, -0.2) is 4.98 Å². The first kappa shape index (κ1) is 18.6. The summed E-state index contributed by atoms with van der Waals surface area (Å²) in [5, 5.41) is 3.05. The van der Waals surface area contributed by atoms with Gasteiger partial charge in [0.1, 0.15) is 0 Å². The fourth-order valence-corrected chi connectivity index (χ4v) is 5.03. The topological polar surface area (TPSA) is 75.4 Å². The first-order chi connectivity index (χ1) is 14.6. The van der Waals surface area contributed by atoms with Crippen molar-refractivity contribution >= 4 is 17.5 Å². The number of nitrogens with one attached hydrogen (secondary N) is 1. The summed E-state index contributed by atoms with van der Waals surface area (Å²) < 4.78 is 5.39. The molecule has 6 nitrogen and oxygen atoms in total. The third-order valence-electron chi connectivity index (χ3n) is 6.50. The van der Waals surface area contributed by atoms with Gasteiger partial charge in [0.2, 0.25) is 11.7 Å². The Bertz CT molecular complexity index is 1110. The van der Waals surface area contributed by atoms with Gasteiger partial charge in [-0.2, -0.15) is 0 Å². The maximum Gasteiger partial charge on any atom is 0.291 e. The smallest absolute Gasteiger partial charge is 0.291 e. The van der Waals surface area contributed by atoms with Gasteiger partial charge in [0.15, 0.2) is 6.39 Å². The predicted molar refractivity (Wildman–Crippen MR) is 112 cm³/mol. The minimum atomic E-state index is -0.741. The van der Waals surface area contributed by atoms with Crippen LogP contribution in [-0.4, -0.2) is 34.3 Å². The van der Waals surface area contributed by atoms with E-state index >= 15 is 0 Å². The first-order valence-corrected chi connectivity index (χ1v) is 10.3. The van der Waals surface area contributed by atoms with Gasteiger partial charge in [-0.1, -0.05) is 48.5 Å². The quantitative estimate of drug-likeness (QED) is 0.723. The molecule has 0 saturated carbocycles.